The van der Waals surface area contributed by atoms with E-state index in [1.807, 2.05) is 61.5 Å². The fourth-order valence-corrected chi connectivity index (χ4v) is 2.81. The van der Waals surface area contributed by atoms with Crippen LogP contribution >= 0.6 is 0 Å². The minimum absolute atomic E-state index is 0.0879. The molecule has 3 rings (SSSR count). The molecule has 5 heteroatoms. The molecule has 0 saturated carbocycles. The number of nitrogens with zero attached hydrogens (tertiary/aromatic N) is 1. The molecule has 27 heavy (non-hydrogen) atoms. The third-order valence-electron chi connectivity index (χ3n) is 4.39. The van der Waals surface area contributed by atoms with E-state index in [4.69, 9.17) is 4.74 Å². The van der Waals surface area contributed by atoms with Crippen LogP contribution in [0.1, 0.15) is 48.8 Å². The van der Waals surface area contributed by atoms with Crippen molar-refractivity contribution >= 4 is 5.91 Å². The number of ether oxygens (including phenoxy) is 1. The predicted octanol–water partition coefficient (Wildman–Crippen LogP) is 4.75. The van der Waals surface area contributed by atoms with Crippen LogP contribution in [-0.4, -0.2) is 22.7 Å². The predicted molar refractivity (Wildman–Crippen MR) is 107 cm³/mol. The number of aromatic nitrogens is 2. The third-order valence-corrected chi connectivity index (χ3v) is 4.39. The van der Waals surface area contributed by atoms with Crippen LogP contribution in [0.2, 0.25) is 0 Å². The molecule has 0 aliphatic heterocycles. The first-order chi connectivity index (χ1) is 13.2. The third kappa shape index (κ3) is 4.76. The van der Waals surface area contributed by atoms with Crippen LogP contribution in [0.25, 0.3) is 11.3 Å². The summed E-state index contributed by atoms with van der Waals surface area (Å²) in [5, 5.41) is 10.1. The Morgan fingerprint density at radius 2 is 1.89 bits per heavy atom. The number of H-pyrrole nitrogens is 1. The van der Waals surface area contributed by atoms with E-state index in [0.29, 0.717) is 18.0 Å². The summed E-state index contributed by atoms with van der Waals surface area (Å²) < 4.78 is 5.87. The van der Waals surface area contributed by atoms with Gasteiger partial charge in [-0.3, -0.25) is 9.89 Å². The molecule has 2 aromatic carbocycles. The first-order valence-corrected chi connectivity index (χ1v) is 9.32. The van der Waals surface area contributed by atoms with Crippen LogP contribution in [0, 0.1) is 0 Å². The van der Waals surface area contributed by atoms with Crippen LogP contribution in [-0.2, 0) is 0 Å². The normalized spacial score (nSPS) is 11.8. The molecule has 2 N–H and O–H groups in total. The molecule has 0 saturated heterocycles. The van der Waals surface area contributed by atoms with Gasteiger partial charge in [0, 0.05) is 5.56 Å². The Balaban J connectivity index is 1.72. The Hall–Kier alpha value is -3.08. The lowest BCUT2D eigenvalue weighted by Gasteiger charge is -2.13. The van der Waals surface area contributed by atoms with Crippen molar-refractivity contribution < 1.29 is 9.53 Å². The first-order valence-electron chi connectivity index (χ1n) is 9.32. The lowest BCUT2D eigenvalue weighted by Crippen LogP contribution is -2.26. The van der Waals surface area contributed by atoms with E-state index in [9.17, 15) is 4.79 Å². The molecule has 1 heterocycles. The summed E-state index contributed by atoms with van der Waals surface area (Å²) in [5.41, 5.74) is 3.05. The molecule has 0 spiro atoms. The van der Waals surface area contributed by atoms with Gasteiger partial charge >= 0.3 is 0 Å². The number of unbranched alkanes of at least 4 members (excludes halogenated alkanes) is 1. The van der Waals surface area contributed by atoms with E-state index in [1.54, 1.807) is 6.07 Å². The molecule has 0 fully saturated rings. The fourth-order valence-electron chi connectivity index (χ4n) is 2.81. The van der Waals surface area contributed by atoms with Crippen LogP contribution in [0.5, 0.6) is 5.75 Å². The van der Waals surface area contributed by atoms with Crippen LogP contribution in [0.3, 0.4) is 0 Å². The molecule has 0 bridgehead atoms. The van der Waals surface area contributed by atoms with Gasteiger partial charge in [-0.2, -0.15) is 5.10 Å². The van der Waals surface area contributed by atoms with Gasteiger partial charge in [0.2, 0.25) is 0 Å². The standard InChI is InChI=1S/C22H25N3O2/c1-3-4-14-27-21-13-9-8-12-18(21)19-15-20(25-24-19)22(26)23-16(2)17-10-6-5-7-11-17/h5-13,15-16H,3-4,14H2,1-2H3,(H,23,26)(H,24,25)/t16-/m0/s1. The number of hydrogen-bond donors (Lipinski definition) is 2. The van der Waals surface area contributed by atoms with Crippen LogP contribution in [0.4, 0.5) is 0 Å². The van der Waals surface area contributed by atoms with Crippen molar-refractivity contribution in [1.82, 2.24) is 15.5 Å². The van der Waals surface area contributed by atoms with Crippen molar-refractivity contribution in [2.24, 2.45) is 0 Å². The van der Waals surface area contributed by atoms with Gasteiger partial charge in [0.05, 0.1) is 18.3 Å². The maximum absolute atomic E-state index is 12.6. The molecule has 0 aliphatic carbocycles. The van der Waals surface area contributed by atoms with Crippen LogP contribution in [0.15, 0.2) is 60.7 Å². The van der Waals surface area contributed by atoms with Crippen molar-refractivity contribution in [2.45, 2.75) is 32.7 Å². The number of hydrogen-bond acceptors (Lipinski definition) is 3. The SMILES string of the molecule is CCCCOc1ccccc1-c1cc(C(=O)N[C@@H](C)c2ccccc2)[nH]n1. The summed E-state index contributed by atoms with van der Waals surface area (Å²) in [6.45, 7) is 4.76. The van der Waals surface area contributed by atoms with E-state index in [1.165, 1.54) is 0 Å². The number of amides is 1. The van der Waals surface area contributed by atoms with E-state index >= 15 is 0 Å². The van der Waals surface area contributed by atoms with Gasteiger partial charge in [0.15, 0.2) is 0 Å². The van der Waals surface area contributed by atoms with E-state index in [0.717, 1.165) is 29.7 Å². The number of aromatic amines is 1. The summed E-state index contributed by atoms with van der Waals surface area (Å²) in [5.74, 6) is 0.594. The van der Waals surface area contributed by atoms with Crippen molar-refractivity contribution in [3.05, 3.63) is 71.9 Å². The van der Waals surface area contributed by atoms with E-state index in [-0.39, 0.29) is 11.9 Å². The molecule has 1 aromatic heterocycles. The highest BCUT2D eigenvalue weighted by Crippen LogP contribution is 2.29. The number of para-hydroxylation sites is 1. The first kappa shape index (κ1) is 18.7. The lowest BCUT2D eigenvalue weighted by molar-refractivity contribution is 0.0935. The van der Waals surface area contributed by atoms with Gasteiger partial charge in [-0.25, -0.2) is 0 Å². The molecule has 0 radical (unpaired) electrons. The van der Waals surface area contributed by atoms with Gasteiger partial charge in [-0.15, -0.1) is 0 Å². The summed E-state index contributed by atoms with van der Waals surface area (Å²) >= 11 is 0. The lowest BCUT2D eigenvalue weighted by atomic mass is 10.1. The number of carbonyl (C=O) groups is 1. The number of rotatable bonds is 8. The maximum atomic E-state index is 12.6. The van der Waals surface area contributed by atoms with Gasteiger partial charge in [0.25, 0.3) is 5.91 Å². The molecular formula is C22H25N3O2. The number of carbonyl (C=O) groups excluding carboxylic acids is 1. The summed E-state index contributed by atoms with van der Waals surface area (Å²) in [6, 6.07) is 19.3. The van der Waals surface area contributed by atoms with Gasteiger partial charge in [0.1, 0.15) is 11.4 Å². The highest BCUT2D eigenvalue weighted by atomic mass is 16.5. The second kappa shape index (κ2) is 9.03. The van der Waals surface area contributed by atoms with Crippen molar-refractivity contribution in [3.63, 3.8) is 0 Å². The van der Waals surface area contributed by atoms with Crippen molar-refractivity contribution in [2.75, 3.05) is 6.61 Å². The Morgan fingerprint density at radius 3 is 2.67 bits per heavy atom. The fraction of sp³-hybridized carbons (Fsp3) is 0.273. The zero-order valence-corrected chi connectivity index (χ0v) is 15.7. The van der Waals surface area contributed by atoms with Crippen molar-refractivity contribution in [3.8, 4) is 17.0 Å². The quantitative estimate of drug-likeness (QED) is 0.568. The van der Waals surface area contributed by atoms with E-state index in [2.05, 4.69) is 22.4 Å². The molecule has 1 atom stereocenters. The average molecular weight is 363 g/mol. The van der Waals surface area contributed by atoms with Crippen molar-refractivity contribution in [1.29, 1.82) is 0 Å². The summed E-state index contributed by atoms with van der Waals surface area (Å²) in [4.78, 5) is 12.6. The second-order valence-corrected chi connectivity index (χ2v) is 6.47. The minimum Gasteiger partial charge on any atom is -0.493 e. The molecule has 1 amide bonds. The maximum Gasteiger partial charge on any atom is 0.269 e. The molecule has 0 aliphatic rings. The molecule has 5 nitrogen and oxygen atoms in total. The van der Waals surface area contributed by atoms with Gasteiger partial charge in [-0.05, 0) is 37.1 Å². The number of benzene rings is 2. The number of nitrogens with one attached hydrogen (secondary N) is 2. The Labute approximate surface area is 159 Å². The Kier molecular flexibility index (Phi) is 6.26. The van der Waals surface area contributed by atoms with Gasteiger partial charge in [-0.1, -0.05) is 55.8 Å². The Bertz CT molecular complexity index is 874. The minimum atomic E-state index is -0.186. The van der Waals surface area contributed by atoms with E-state index < -0.39 is 0 Å². The van der Waals surface area contributed by atoms with Gasteiger partial charge < -0.3 is 10.1 Å². The topological polar surface area (TPSA) is 67.0 Å². The summed E-state index contributed by atoms with van der Waals surface area (Å²) in [7, 11) is 0. The molecule has 3 aromatic rings. The smallest absolute Gasteiger partial charge is 0.269 e. The largest absolute Gasteiger partial charge is 0.493 e. The zero-order valence-electron chi connectivity index (χ0n) is 15.7. The second-order valence-electron chi connectivity index (χ2n) is 6.47. The molecule has 140 valence electrons. The van der Waals surface area contributed by atoms with Crippen LogP contribution < -0.4 is 10.1 Å². The highest BCUT2D eigenvalue weighted by molar-refractivity contribution is 5.93. The average Bonchev–Trinajstić information content (AvgIpc) is 3.19. The Morgan fingerprint density at radius 1 is 1.15 bits per heavy atom. The summed E-state index contributed by atoms with van der Waals surface area (Å²) in [6.07, 6.45) is 2.08. The molecular weight excluding hydrogens is 338 g/mol. The monoisotopic (exact) mass is 363 g/mol. The highest BCUT2D eigenvalue weighted by Gasteiger charge is 2.16. The molecule has 0 unspecified atom stereocenters. The zero-order chi connectivity index (χ0) is 19.1.